The van der Waals surface area contributed by atoms with Crippen LogP contribution in [-0.4, -0.2) is 64.0 Å². The summed E-state index contributed by atoms with van der Waals surface area (Å²) in [4.78, 5) is 37.2. The van der Waals surface area contributed by atoms with Crippen molar-refractivity contribution in [3.8, 4) is 0 Å². The first-order chi connectivity index (χ1) is 8.47. The highest BCUT2D eigenvalue weighted by Gasteiger charge is 2.35. The molecule has 6 nitrogen and oxygen atoms in total. The first-order valence-electron chi connectivity index (χ1n) is 5.81. The molecule has 0 aromatic rings. The molecular weight excluding hydrogens is 256 g/mol. The van der Waals surface area contributed by atoms with Crippen LogP contribution in [0.1, 0.15) is 19.8 Å². The average Bonchev–Trinajstić information content (AvgIpc) is 2.76. The Kier molecular flexibility index (Phi) is 5.46. The molecule has 102 valence electrons. The van der Waals surface area contributed by atoms with Gasteiger partial charge in [0, 0.05) is 19.2 Å². The average molecular weight is 274 g/mol. The Balaban J connectivity index is 2.66. The maximum Gasteiger partial charge on any atom is 0.323 e. The highest BCUT2D eigenvalue weighted by Crippen LogP contribution is 2.23. The number of amides is 2. The zero-order chi connectivity index (χ0) is 13.7. The van der Waals surface area contributed by atoms with E-state index in [9.17, 15) is 14.4 Å². The number of aliphatic carboxylic acids is 1. The van der Waals surface area contributed by atoms with E-state index in [0.717, 1.165) is 11.3 Å². The van der Waals surface area contributed by atoms with Crippen molar-refractivity contribution in [2.24, 2.45) is 0 Å². The third kappa shape index (κ3) is 3.63. The topological polar surface area (TPSA) is 77.9 Å². The van der Waals surface area contributed by atoms with Gasteiger partial charge >= 0.3 is 5.97 Å². The van der Waals surface area contributed by atoms with Crippen molar-refractivity contribution in [1.29, 1.82) is 0 Å². The lowest BCUT2D eigenvalue weighted by Gasteiger charge is -2.26. The summed E-state index contributed by atoms with van der Waals surface area (Å²) in [6.45, 7) is 1.57. The van der Waals surface area contributed by atoms with Crippen LogP contribution in [0.15, 0.2) is 0 Å². The number of carboxylic acids is 1. The minimum absolute atomic E-state index is 0.0374. The van der Waals surface area contributed by atoms with Crippen molar-refractivity contribution < 1.29 is 19.5 Å². The molecule has 7 heteroatoms. The number of rotatable bonds is 5. The molecular formula is C11H18N2O4S. The zero-order valence-corrected chi connectivity index (χ0v) is 11.4. The maximum atomic E-state index is 12.1. The predicted molar refractivity (Wildman–Crippen MR) is 68.1 cm³/mol. The molecule has 2 amide bonds. The summed E-state index contributed by atoms with van der Waals surface area (Å²) in [6, 6.07) is -0.515. The molecule has 0 bridgehead atoms. The van der Waals surface area contributed by atoms with E-state index < -0.39 is 12.0 Å². The van der Waals surface area contributed by atoms with Crippen molar-refractivity contribution in [2.45, 2.75) is 25.8 Å². The van der Waals surface area contributed by atoms with Gasteiger partial charge < -0.3 is 14.9 Å². The summed E-state index contributed by atoms with van der Waals surface area (Å²) in [5.74, 6) is -0.339. The molecule has 18 heavy (non-hydrogen) atoms. The van der Waals surface area contributed by atoms with E-state index in [4.69, 9.17) is 5.11 Å². The smallest absolute Gasteiger partial charge is 0.323 e. The third-order valence-electron chi connectivity index (χ3n) is 2.70. The van der Waals surface area contributed by atoms with Gasteiger partial charge in [-0.3, -0.25) is 14.4 Å². The third-order valence-corrected chi connectivity index (χ3v) is 3.71. The lowest BCUT2D eigenvalue weighted by molar-refractivity contribution is -0.147. The van der Waals surface area contributed by atoms with Crippen LogP contribution in [0.3, 0.4) is 0 Å². The largest absolute Gasteiger partial charge is 0.480 e. The molecule has 0 radical (unpaired) electrons. The van der Waals surface area contributed by atoms with E-state index in [1.165, 1.54) is 18.8 Å². The van der Waals surface area contributed by atoms with Crippen molar-refractivity contribution in [2.75, 3.05) is 25.2 Å². The first-order valence-corrected chi connectivity index (χ1v) is 6.96. The highest BCUT2D eigenvalue weighted by atomic mass is 32.2. The molecule has 1 rings (SSSR count). The Morgan fingerprint density at radius 3 is 2.67 bits per heavy atom. The number of nitrogens with zero attached hydrogens (tertiary/aromatic N) is 2. The van der Waals surface area contributed by atoms with Crippen molar-refractivity contribution in [3.05, 3.63) is 0 Å². The fourth-order valence-corrected chi connectivity index (χ4v) is 2.96. The summed E-state index contributed by atoms with van der Waals surface area (Å²) in [7, 11) is 1.45. The summed E-state index contributed by atoms with van der Waals surface area (Å²) in [5, 5.41) is 8.66. The summed E-state index contributed by atoms with van der Waals surface area (Å²) in [5.41, 5.74) is 0. The van der Waals surface area contributed by atoms with Crippen LogP contribution in [0.2, 0.25) is 0 Å². The van der Waals surface area contributed by atoms with Crippen LogP contribution in [0.25, 0.3) is 0 Å². The second-order valence-electron chi connectivity index (χ2n) is 4.22. The highest BCUT2D eigenvalue weighted by molar-refractivity contribution is 7.99. The number of carbonyl (C=O) groups excluding carboxylic acids is 2. The first kappa shape index (κ1) is 14.8. The Morgan fingerprint density at radius 1 is 1.44 bits per heavy atom. The number of thioether (sulfide) groups is 1. The van der Waals surface area contributed by atoms with E-state index >= 15 is 0 Å². The standard InChI is InChI=1S/C11H18N2O4S/c1-3-4-9(14)13-7-18-6-8(13)11(17)12(2)5-10(15)16/h8H,3-7H2,1-2H3,(H,15,16). The monoisotopic (exact) mass is 274 g/mol. The van der Waals surface area contributed by atoms with Gasteiger partial charge in [0.1, 0.15) is 12.6 Å². The van der Waals surface area contributed by atoms with Gasteiger partial charge in [0.05, 0.1) is 5.88 Å². The van der Waals surface area contributed by atoms with E-state index in [1.54, 1.807) is 4.90 Å². The van der Waals surface area contributed by atoms with Crippen LogP contribution in [0.4, 0.5) is 0 Å². The van der Waals surface area contributed by atoms with Crippen LogP contribution >= 0.6 is 11.8 Å². The van der Waals surface area contributed by atoms with E-state index in [2.05, 4.69) is 0 Å². The zero-order valence-electron chi connectivity index (χ0n) is 10.6. The minimum Gasteiger partial charge on any atom is -0.480 e. The lowest BCUT2D eigenvalue weighted by Crippen LogP contribution is -2.48. The lowest BCUT2D eigenvalue weighted by atomic mass is 10.2. The predicted octanol–water partition coefficient (Wildman–Crippen LogP) is 0.231. The van der Waals surface area contributed by atoms with Gasteiger partial charge in [-0.15, -0.1) is 11.8 Å². The van der Waals surface area contributed by atoms with Gasteiger partial charge in [0.15, 0.2) is 0 Å². The number of hydrogen-bond acceptors (Lipinski definition) is 4. The number of hydrogen-bond donors (Lipinski definition) is 1. The fourth-order valence-electron chi connectivity index (χ4n) is 1.79. The van der Waals surface area contributed by atoms with Crippen molar-refractivity contribution >= 4 is 29.5 Å². The van der Waals surface area contributed by atoms with Crippen molar-refractivity contribution in [3.63, 3.8) is 0 Å². The molecule has 1 atom stereocenters. The van der Waals surface area contributed by atoms with Crippen LogP contribution in [0, 0.1) is 0 Å². The molecule has 1 saturated heterocycles. The van der Waals surface area contributed by atoms with Gasteiger partial charge in [-0.25, -0.2) is 0 Å². The van der Waals surface area contributed by atoms with E-state index in [0.29, 0.717) is 18.1 Å². The molecule has 1 aliphatic heterocycles. The van der Waals surface area contributed by atoms with Gasteiger partial charge in [-0.05, 0) is 6.42 Å². The molecule has 0 aromatic carbocycles. The number of carbonyl (C=O) groups is 3. The molecule has 0 aliphatic carbocycles. The van der Waals surface area contributed by atoms with Crippen LogP contribution < -0.4 is 0 Å². The quantitative estimate of drug-likeness (QED) is 0.776. The van der Waals surface area contributed by atoms with Crippen LogP contribution in [0.5, 0.6) is 0 Å². The van der Waals surface area contributed by atoms with Crippen molar-refractivity contribution in [1.82, 2.24) is 9.80 Å². The normalized spacial score (nSPS) is 18.8. The molecule has 0 saturated carbocycles. The summed E-state index contributed by atoms with van der Waals surface area (Å²) >= 11 is 1.52. The Bertz CT molecular complexity index is 348. The SMILES string of the molecule is CCCC(=O)N1CSCC1C(=O)N(C)CC(=O)O. The second kappa shape index (κ2) is 6.63. The summed E-state index contributed by atoms with van der Waals surface area (Å²) in [6.07, 6.45) is 1.17. The van der Waals surface area contributed by atoms with Gasteiger partial charge in [-0.1, -0.05) is 6.92 Å². The maximum absolute atomic E-state index is 12.1. The molecule has 1 N–H and O–H groups in total. The Morgan fingerprint density at radius 2 is 2.11 bits per heavy atom. The molecule has 1 aliphatic rings. The Labute approximate surface area is 110 Å². The second-order valence-corrected chi connectivity index (χ2v) is 5.22. The minimum atomic E-state index is -1.05. The summed E-state index contributed by atoms with van der Waals surface area (Å²) < 4.78 is 0. The molecule has 0 aromatic heterocycles. The van der Waals surface area contributed by atoms with Crippen LogP contribution in [-0.2, 0) is 14.4 Å². The number of likely N-dealkylation sites (N-methyl/N-ethyl adjacent to an activating group) is 1. The van der Waals surface area contributed by atoms with Gasteiger partial charge in [-0.2, -0.15) is 0 Å². The fraction of sp³-hybridized carbons (Fsp3) is 0.727. The van der Waals surface area contributed by atoms with E-state index in [1.807, 2.05) is 6.92 Å². The molecule has 1 unspecified atom stereocenters. The molecule has 1 fully saturated rings. The van der Waals surface area contributed by atoms with Gasteiger partial charge in [0.2, 0.25) is 11.8 Å². The number of carboxylic acid groups (broad SMARTS) is 1. The molecule has 1 heterocycles. The van der Waals surface area contributed by atoms with Gasteiger partial charge in [0.25, 0.3) is 0 Å². The van der Waals surface area contributed by atoms with E-state index in [-0.39, 0.29) is 18.4 Å². The Hall–Kier alpha value is -1.24. The molecule has 0 spiro atoms.